The Kier molecular flexibility index (Phi) is 4.04. The second-order valence-electron chi connectivity index (χ2n) is 11.6. The number of rotatable bonds is 3. The molecule has 4 bridgehead atoms. The molecule has 0 aromatic carbocycles. The summed E-state index contributed by atoms with van der Waals surface area (Å²) in [6.07, 6.45) is 6.97. The van der Waals surface area contributed by atoms with Crippen LogP contribution in [0, 0.1) is 34.0 Å². The number of nitrogens with zero attached hydrogens (tertiary/aromatic N) is 1. The number of fused-ring (bicyclic) bond motifs is 5. The fraction of sp³-hybridized carbons (Fsp3) is 0.833. The molecular weight excluding hydrogens is 366 g/mol. The molecule has 2 aliphatic heterocycles. The van der Waals surface area contributed by atoms with Crippen molar-refractivity contribution < 1.29 is 19.8 Å². The fourth-order valence-corrected chi connectivity index (χ4v) is 9.20. The molecule has 0 aromatic heterocycles. The molecule has 5 nitrogen and oxygen atoms in total. The molecule has 7 atom stereocenters. The summed E-state index contributed by atoms with van der Waals surface area (Å²) in [4.78, 5) is 27.8. The Morgan fingerprint density at radius 2 is 1.97 bits per heavy atom. The predicted molar refractivity (Wildman–Crippen MR) is 109 cm³/mol. The van der Waals surface area contributed by atoms with Crippen LogP contribution in [0.1, 0.15) is 65.2 Å². The molecule has 2 saturated heterocycles. The zero-order valence-corrected chi connectivity index (χ0v) is 17.8. The van der Waals surface area contributed by atoms with Crippen molar-refractivity contribution in [1.82, 2.24) is 4.90 Å². The number of aliphatic hydroxyl groups excluding tert-OH is 2. The van der Waals surface area contributed by atoms with Gasteiger partial charge in [-0.25, -0.2) is 0 Å². The molecule has 2 heterocycles. The van der Waals surface area contributed by atoms with E-state index in [1.807, 2.05) is 4.90 Å². The lowest BCUT2D eigenvalue weighted by molar-refractivity contribution is -0.212. The van der Waals surface area contributed by atoms with Crippen LogP contribution >= 0.6 is 0 Å². The summed E-state index contributed by atoms with van der Waals surface area (Å²) in [5.74, 6) is 0.728. The third-order valence-corrected chi connectivity index (χ3v) is 10.3. The van der Waals surface area contributed by atoms with Gasteiger partial charge < -0.3 is 15.1 Å². The van der Waals surface area contributed by atoms with Crippen molar-refractivity contribution in [1.29, 1.82) is 0 Å². The van der Waals surface area contributed by atoms with Crippen LogP contribution in [0.2, 0.25) is 0 Å². The first-order valence-electron chi connectivity index (χ1n) is 11.4. The average Bonchev–Trinajstić information content (AvgIpc) is 2.83. The minimum atomic E-state index is -0.700. The zero-order valence-electron chi connectivity index (χ0n) is 17.8. The molecule has 0 aromatic rings. The van der Waals surface area contributed by atoms with Crippen molar-refractivity contribution in [3.8, 4) is 0 Å². The summed E-state index contributed by atoms with van der Waals surface area (Å²) in [6.45, 7) is 9.42. The van der Waals surface area contributed by atoms with Gasteiger partial charge in [-0.05, 0) is 85.5 Å². The first-order chi connectivity index (χ1) is 13.7. The highest BCUT2D eigenvalue weighted by Crippen LogP contribution is 2.73. The highest BCUT2D eigenvalue weighted by molar-refractivity contribution is 6.02. The lowest BCUT2D eigenvalue weighted by Crippen LogP contribution is -2.70. The second kappa shape index (κ2) is 5.94. The second-order valence-corrected chi connectivity index (χ2v) is 11.6. The molecule has 0 radical (unpaired) electrons. The number of carbonyl (C=O) groups is 2. The molecular formula is C24H35NO4. The Balaban J connectivity index is 1.68. The smallest absolute Gasteiger partial charge is 0.210 e. The summed E-state index contributed by atoms with van der Waals surface area (Å²) < 4.78 is 0. The van der Waals surface area contributed by atoms with Gasteiger partial charge in [0, 0.05) is 18.7 Å². The molecule has 5 heteroatoms. The monoisotopic (exact) mass is 401 g/mol. The van der Waals surface area contributed by atoms with Crippen molar-refractivity contribution in [3.63, 3.8) is 0 Å². The number of ketones is 1. The molecule has 29 heavy (non-hydrogen) atoms. The number of allylic oxidation sites excluding steroid dienone is 1. The van der Waals surface area contributed by atoms with Gasteiger partial charge in [0.1, 0.15) is 0 Å². The quantitative estimate of drug-likeness (QED) is 0.563. The highest BCUT2D eigenvalue weighted by Gasteiger charge is 2.73. The number of hydrogen-bond acceptors (Lipinski definition) is 4. The van der Waals surface area contributed by atoms with Crippen molar-refractivity contribution in [2.75, 3.05) is 13.2 Å². The van der Waals surface area contributed by atoms with Crippen LogP contribution < -0.4 is 0 Å². The minimum Gasteiger partial charge on any atom is -0.396 e. The Bertz CT molecular complexity index is 777. The Hall–Kier alpha value is -1.20. The molecule has 7 aliphatic rings. The van der Waals surface area contributed by atoms with Gasteiger partial charge in [-0.15, -0.1) is 0 Å². The molecule has 1 amide bonds. The van der Waals surface area contributed by atoms with E-state index in [2.05, 4.69) is 20.4 Å². The van der Waals surface area contributed by atoms with Crippen LogP contribution in [0.4, 0.5) is 0 Å². The Labute approximate surface area is 173 Å². The number of piperidine rings is 1. The number of amides is 1. The maximum Gasteiger partial charge on any atom is 0.210 e. The minimum absolute atomic E-state index is 0.0667. The standard InChI is InChI=1S/C24H35NO4/c1-15-16-4-5-24(20(15)29)18(10-16)23-7-6-22(8-9-26,25(13-23)14-27)12-21(2,3)17(23)11-19(24)28/h14,16-19,26,28H,1,4-13H2,2-3H3. The first kappa shape index (κ1) is 19.7. The van der Waals surface area contributed by atoms with E-state index < -0.39 is 11.5 Å². The summed E-state index contributed by atoms with van der Waals surface area (Å²) in [7, 11) is 0. The van der Waals surface area contributed by atoms with Gasteiger partial charge >= 0.3 is 0 Å². The van der Waals surface area contributed by atoms with E-state index in [4.69, 9.17) is 0 Å². The fourth-order valence-electron chi connectivity index (χ4n) is 9.20. The van der Waals surface area contributed by atoms with Gasteiger partial charge in [-0.2, -0.15) is 0 Å². The average molecular weight is 402 g/mol. The van der Waals surface area contributed by atoms with E-state index in [-0.39, 0.29) is 46.5 Å². The van der Waals surface area contributed by atoms with Crippen LogP contribution in [0.25, 0.3) is 0 Å². The third-order valence-electron chi connectivity index (χ3n) is 10.3. The molecule has 7 unspecified atom stereocenters. The summed E-state index contributed by atoms with van der Waals surface area (Å²) in [5, 5.41) is 21.3. The van der Waals surface area contributed by atoms with Crippen LogP contribution in [-0.4, -0.2) is 52.1 Å². The van der Waals surface area contributed by atoms with Crippen molar-refractivity contribution >= 4 is 12.2 Å². The van der Waals surface area contributed by atoms with E-state index in [9.17, 15) is 19.8 Å². The van der Waals surface area contributed by atoms with Gasteiger partial charge in [-0.1, -0.05) is 20.4 Å². The van der Waals surface area contributed by atoms with E-state index in [0.29, 0.717) is 19.4 Å². The molecule has 2 N–H and O–H groups in total. The van der Waals surface area contributed by atoms with Gasteiger partial charge in [0.15, 0.2) is 5.78 Å². The Morgan fingerprint density at radius 1 is 1.21 bits per heavy atom. The molecule has 5 saturated carbocycles. The maximum absolute atomic E-state index is 13.5. The SMILES string of the molecule is C=C1C(=O)C23CCC1CC2C12CCC(CCO)(CC(C)(C)C1CC3O)N(C=O)C2. The summed E-state index contributed by atoms with van der Waals surface area (Å²) in [5.41, 5.74) is -0.473. The predicted octanol–water partition coefficient (Wildman–Crippen LogP) is 2.70. The highest BCUT2D eigenvalue weighted by atomic mass is 16.3. The number of aliphatic hydroxyl groups is 2. The van der Waals surface area contributed by atoms with Gasteiger partial charge in [0.2, 0.25) is 6.41 Å². The zero-order chi connectivity index (χ0) is 20.8. The molecule has 160 valence electrons. The maximum atomic E-state index is 13.5. The van der Waals surface area contributed by atoms with Crippen molar-refractivity contribution in [2.24, 2.45) is 34.0 Å². The summed E-state index contributed by atoms with van der Waals surface area (Å²) >= 11 is 0. The number of carbonyl (C=O) groups excluding carboxylic acids is 2. The van der Waals surface area contributed by atoms with Crippen LogP contribution in [-0.2, 0) is 9.59 Å². The first-order valence-corrected chi connectivity index (χ1v) is 11.4. The van der Waals surface area contributed by atoms with Crippen LogP contribution in [0.5, 0.6) is 0 Å². The van der Waals surface area contributed by atoms with Crippen LogP contribution in [0.3, 0.4) is 0 Å². The lowest BCUT2D eigenvalue weighted by Gasteiger charge is -2.68. The van der Waals surface area contributed by atoms with E-state index in [0.717, 1.165) is 50.5 Å². The lowest BCUT2D eigenvalue weighted by atomic mass is 9.37. The van der Waals surface area contributed by atoms with Crippen molar-refractivity contribution in [3.05, 3.63) is 12.2 Å². The molecule has 2 spiro atoms. The molecule has 7 rings (SSSR count). The topological polar surface area (TPSA) is 77.8 Å². The van der Waals surface area contributed by atoms with E-state index in [1.165, 1.54) is 0 Å². The number of hydrogen-bond donors (Lipinski definition) is 2. The van der Waals surface area contributed by atoms with Gasteiger partial charge in [-0.3, -0.25) is 9.59 Å². The van der Waals surface area contributed by atoms with Crippen LogP contribution in [0.15, 0.2) is 12.2 Å². The molecule has 7 fully saturated rings. The molecule has 5 aliphatic carbocycles. The van der Waals surface area contributed by atoms with Crippen molar-refractivity contribution in [2.45, 2.75) is 76.9 Å². The van der Waals surface area contributed by atoms with Gasteiger partial charge in [0.05, 0.1) is 11.5 Å². The normalized spacial score (nSPS) is 50.1. The van der Waals surface area contributed by atoms with Gasteiger partial charge in [0.25, 0.3) is 0 Å². The third kappa shape index (κ3) is 2.19. The number of Topliss-reactive ketones (excluding diaryl/α,β-unsaturated/α-hetero) is 1. The van der Waals surface area contributed by atoms with E-state index >= 15 is 0 Å². The largest absolute Gasteiger partial charge is 0.396 e. The Morgan fingerprint density at radius 3 is 2.66 bits per heavy atom. The summed E-state index contributed by atoms with van der Waals surface area (Å²) in [6, 6.07) is 0. The van der Waals surface area contributed by atoms with E-state index in [1.54, 1.807) is 0 Å².